The summed E-state index contributed by atoms with van der Waals surface area (Å²) < 4.78 is 0. The van der Waals surface area contributed by atoms with E-state index in [1.54, 1.807) is 7.05 Å². The average Bonchev–Trinajstić information content (AvgIpc) is 2.13. The number of hydrogen-bond acceptors (Lipinski definition) is 3. The van der Waals surface area contributed by atoms with Crippen molar-refractivity contribution in [2.45, 2.75) is 25.8 Å². The molecule has 3 nitrogen and oxygen atoms in total. The largest absolute Gasteiger partial charge is 0.398 e. The second-order valence-electron chi connectivity index (χ2n) is 4.09. The molecule has 15 heavy (non-hydrogen) atoms. The van der Waals surface area contributed by atoms with Crippen LogP contribution in [0, 0.1) is 13.8 Å². The highest BCUT2D eigenvalue weighted by atomic mass is 15.0. The summed E-state index contributed by atoms with van der Waals surface area (Å²) in [5, 5.41) is 2.86. The highest BCUT2D eigenvalue weighted by Crippen LogP contribution is 2.19. The van der Waals surface area contributed by atoms with Crippen LogP contribution in [-0.4, -0.2) is 20.5 Å². The molecule has 0 saturated heterocycles. The molecule has 0 heterocycles. The van der Waals surface area contributed by atoms with Crippen molar-refractivity contribution in [3.63, 3.8) is 0 Å². The molecule has 1 atom stereocenters. The minimum atomic E-state index is -0.881. The molecule has 0 aliphatic rings. The maximum absolute atomic E-state index is 5.88. The Morgan fingerprint density at radius 2 is 2.00 bits per heavy atom. The molecule has 0 aliphatic carbocycles. The first-order valence-corrected chi connectivity index (χ1v) is 4.98. The van der Waals surface area contributed by atoms with Gasteiger partial charge in [-0.2, -0.15) is 0 Å². The van der Waals surface area contributed by atoms with Crippen LogP contribution in [0.2, 0.25) is 0 Å². The molecule has 0 aromatic heterocycles. The van der Waals surface area contributed by atoms with Gasteiger partial charge in [0.25, 0.3) is 0 Å². The normalized spacial score (nSPS) is 14.9. The lowest BCUT2D eigenvalue weighted by Gasteiger charge is -2.25. The van der Waals surface area contributed by atoms with Gasteiger partial charge in [-0.3, -0.25) is 0 Å². The van der Waals surface area contributed by atoms with Gasteiger partial charge in [-0.15, -0.1) is 0 Å². The molecule has 1 aromatic rings. The third-order valence-electron chi connectivity index (χ3n) is 2.73. The maximum atomic E-state index is 5.88. The first-order chi connectivity index (χ1) is 6.85. The molecule has 0 amide bonds. The fraction of sp³-hybridized carbons (Fsp3) is 0.455. The summed E-state index contributed by atoms with van der Waals surface area (Å²) in [5.41, 5.74) is 14.9. The van der Waals surface area contributed by atoms with Gasteiger partial charge in [0, 0.05) is 11.2 Å². The second-order valence-corrected chi connectivity index (χ2v) is 4.09. The molecule has 0 aliphatic heterocycles. The van der Waals surface area contributed by atoms with Crippen molar-refractivity contribution < 1.29 is 0 Å². The lowest BCUT2D eigenvalue weighted by atomic mass is 9.82. The molecule has 4 heteroatoms. The van der Waals surface area contributed by atoms with Crippen LogP contribution < -0.4 is 16.8 Å². The molecular formula is C11H18BN3. The van der Waals surface area contributed by atoms with Crippen LogP contribution >= 0.6 is 0 Å². The third-order valence-corrected chi connectivity index (χ3v) is 2.73. The summed E-state index contributed by atoms with van der Waals surface area (Å²) in [5.74, 6) is 0. The molecule has 5 N–H and O–H groups in total. The van der Waals surface area contributed by atoms with Gasteiger partial charge in [-0.05, 0) is 50.1 Å². The number of likely N-dealkylation sites (N-methyl/N-ethyl adjacent to an activating group) is 1. The number of aryl methyl sites for hydroxylation is 1. The monoisotopic (exact) mass is 203 g/mol. The van der Waals surface area contributed by atoms with E-state index >= 15 is 0 Å². The summed E-state index contributed by atoms with van der Waals surface area (Å²) >= 11 is 0. The first-order valence-electron chi connectivity index (χ1n) is 4.98. The lowest BCUT2D eigenvalue weighted by Crippen LogP contribution is -2.54. The molecular weight excluding hydrogens is 185 g/mol. The Morgan fingerprint density at radius 3 is 2.47 bits per heavy atom. The van der Waals surface area contributed by atoms with Gasteiger partial charge in [-0.25, -0.2) is 0 Å². The topological polar surface area (TPSA) is 64.1 Å². The molecule has 0 fully saturated rings. The van der Waals surface area contributed by atoms with Gasteiger partial charge in [0.2, 0.25) is 0 Å². The van der Waals surface area contributed by atoms with Gasteiger partial charge in [0.05, 0.1) is 0 Å². The SMILES string of the molecule is [B]C(N)(Cc1cc(C)c(C)c(N)c1)NC. The van der Waals surface area contributed by atoms with Crippen molar-refractivity contribution in [1.82, 2.24) is 5.32 Å². The van der Waals surface area contributed by atoms with E-state index in [0.29, 0.717) is 6.42 Å². The summed E-state index contributed by atoms with van der Waals surface area (Å²) in [6, 6.07) is 3.99. The Hall–Kier alpha value is -0.995. The third kappa shape index (κ3) is 2.98. The highest BCUT2D eigenvalue weighted by molar-refractivity contribution is 6.14. The minimum absolute atomic E-state index is 0.550. The summed E-state index contributed by atoms with van der Waals surface area (Å²) in [7, 11) is 7.55. The van der Waals surface area contributed by atoms with E-state index in [1.165, 1.54) is 0 Å². The molecule has 1 aromatic carbocycles. The number of benzene rings is 1. The van der Waals surface area contributed by atoms with E-state index in [4.69, 9.17) is 19.3 Å². The predicted molar refractivity (Wildman–Crippen MR) is 65.8 cm³/mol. The van der Waals surface area contributed by atoms with Crippen molar-refractivity contribution in [2.75, 3.05) is 12.8 Å². The maximum Gasteiger partial charge on any atom is 0.117 e. The van der Waals surface area contributed by atoms with E-state index in [1.807, 2.05) is 19.9 Å². The van der Waals surface area contributed by atoms with Crippen molar-refractivity contribution in [2.24, 2.45) is 5.73 Å². The average molecular weight is 203 g/mol. The number of hydrogen-bond donors (Lipinski definition) is 3. The van der Waals surface area contributed by atoms with Crippen LogP contribution in [0.15, 0.2) is 12.1 Å². The fourth-order valence-electron chi connectivity index (χ4n) is 1.49. The predicted octanol–water partition coefficient (Wildman–Crippen LogP) is 0.429. The van der Waals surface area contributed by atoms with E-state index < -0.39 is 5.56 Å². The Morgan fingerprint density at radius 1 is 1.40 bits per heavy atom. The Labute approximate surface area is 92.6 Å². The minimum Gasteiger partial charge on any atom is -0.398 e. The van der Waals surface area contributed by atoms with Crippen LogP contribution in [0.25, 0.3) is 0 Å². The lowest BCUT2D eigenvalue weighted by molar-refractivity contribution is 0.512. The van der Waals surface area contributed by atoms with E-state index in [2.05, 4.69) is 11.4 Å². The Balaban J connectivity index is 2.98. The highest BCUT2D eigenvalue weighted by Gasteiger charge is 2.16. The number of nitrogens with one attached hydrogen (secondary N) is 1. The van der Waals surface area contributed by atoms with Crippen LogP contribution in [-0.2, 0) is 6.42 Å². The molecule has 0 spiro atoms. The smallest absolute Gasteiger partial charge is 0.117 e. The zero-order chi connectivity index (χ0) is 11.6. The fourth-order valence-corrected chi connectivity index (χ4v) is 1.49. The quantitative estimate of drug-likeness (QED) is 0.379. The summed E-state index contributed by atoms with van der Waals surface area (Å²) in [6.07, 6.45) is 0.550. The Kier molecular flexibility index (Phi) is 3.42. The zero-order valence-electron chi connectivity index (χ0n) is 9.59. The zero-order valence-corrected chi connectivity index (χ0v) is 9.59. The number of nitrogen functional groups attached to an aromatic ring is 1. The molecule has 1 unspecified atom stereocenters. The van der Waals surface area contributed by atoms with Crippen molar-refractivity contribution in [3.8, 4) is 0 Å². The summed E-state index contributed by atoms with van der Waals surface area (Å²) in [6.45, 7) is 4.04. The number of anilines is 1. The van der Waals surface area contributed by atoms with Crippen LogP contribution in [0.1, 0.15) is 16.7 Å². The van der Waals surface area contributed by atoms with Gasteiger partial charge >= 0.3 is 0 Å². The molecule has 1 rings (SSSR count). The van der Waals surface area contributed by atoms with E-state index in [-0.39, 0.29) is 0 Å². The van der Waals surface area contributed by atoms with Crippen molar-refractivity contribution in [1.29, 1.82) is 0 Å². The standard InChI is InChI=1S/C11H18BN3/c1-7-4-9(5-10(13)8(7)2)6-11(12,14)15-3/h4-5,15H,6,13-14H2,1-3H3. The molecule has 0 saturated carbocycles. The van der Waals surface area contributed by atoms with E-state index in [9.17, 15) is 0 Å². The van der Waals surface area contributed by atoms with Crippen LogP contribution in [0.4, 0.5) is 5.69 Å². The van der Waals surface area contributed by atoms with E-state index in [0.717, 1.165) is 22.4 Å². The number of rotatable bonds is 3. The van der Waals surface area contributed by atoms with Crippen molar-refractivity contribution >= 4 is 13.5 Å². The van der Waals surface area contributed by atoms with Gasteiger partial charge in [-0.1, -0.05) is 6.07 Å². The summed E-state index contributed by atoms with van der Waals surface area (Å²) in [4.78, 5) is 0. The first kappa shape index (κ1) is 12.1. The van der Waals surface area contributed by atoms with Gasteiger partial charge in [0.15, 0.2) is 0 Å². The molecule has 0 bridgehead atoms. The van der Waals surface area contributed by atoms with Crippen molar-refractivity contribution in [3.05, 3.63) is 28.8 Å². The van der Waals surface area contributed by atoms with Crippen LogP contribution in [0.5, 0.6) is 0 Å². The van der Waals surface area contributed by atoms with Gasteiger partial charge < -0.3 is 16.8 Å². The Bertz CT molecular complexity index is 338. The molecule has 2 radical (unpaired) electrons. The number of nitrogens with two attached hydrogens (primary N) is 2. The van der Waals surface area contributed by atoms with Gasteiger partial charge in [0.1, 0.15) is 7.85 Å². The second kappa shape index (κ2) is 4.25. The van der Waals surface area contributed by atoms with Crippen LogP contribution in [0.3, 0.4) is 0 Å². The molecule has 80 valence electrons.